The lowest BCUT2D eigenvalue weighted by molar-refractivity contribution is 0.355. The molecule has 0 atom stereocenters. The molecule has 0 aliphatic heterocycles. The molecule has 0 unspecified atom stereocenters. The number of hydrogen-bond acceptors (Lipinski definition) is 5. The Morgan fingerprint density at radius 3 is 2.47 bits per heavy atom. The van der Waals surface area contributed by atoms with Gasteiger partial charge in [0.15, 0.2) is 11.5 Å². The molecule has 0 amide bonds. The van der Waals surface area contributed by atoms with Crippen molar-refractivity contribution in [3.8, 4) is 11.5 Å². The van der Waals surface area contributed by atoms with Gasteiger partial charge in [-0.05, 0) is 23.9 Å². The first-order valence-corrected chi connectivity index (χ1v) is 6.82. The van der Waals surface area contributed by atoms with E-state index < -0.39 is 0 Å². The van der Waals surface area contributed by atoms with Crippen LogP contribution in [0.25, 0.3) is 0 Å². The average molecular weight is 278 g/mol. The zero-order chi connectivity index (χ0) is 13.8. The van der Waals surface area contributed by atoms with Gasteiger partial charge in [0.2, 0.25) is 0 Å². The largest absolute Gasteiger partial charge is 0.493 e. The van der Waals surface area contributed by atoms with E-state index in [-0.39, 0.29) is 0 Å². The Morgan fingerprint density at radius 2 is 1.89 bits per heavy atom. The molecule has 0 aliphatic rings. The molecule has 0 bridgehead atoms. The summed E-state index contributed by atoms with van der Waals surface area (Å²) in [7, 11) is 3.21. The molecule has 1 aromatic heterocycles. The van der Waals surface area contributed by atoms with Crippen LogP contribution < -0.4 is 20.5 Å². The summed E-state index contributed by atoms with van der Waals surface area (Å²) < 4.78 is 10.5. The van der Waals surface area contributed by atoms with E-state index in [1.807, 2.05) is 6.07 Å². The van der Waals surface area contributed by atoms with Gasteiger partial charge in [0.1, 0.15) is 0 Å². The zero-order valence-corrected chi connectivity index (χ0v) is 12.1. The van der Waals surface area contributed by atoms with E-state index in [0.29, 0.717) is 17.2 Å². The minimum absolute atomic E-state index is 0.637. The van der Waals surface area contributed by atoms with E-state index in [2.05, 4.69) is 23.7 Å². The van der Waals surface area contributed by atoms with Gasteiger partial charge in [0, 0.05) is 23.6 Å². The van der Waals surface area contributed by atoms with Crippen molar-refractivity contribution in [3.63, 3.8) is 0 Å². The minimum Gasteiger partial charge on any atom is -0.493 e. The third-order valence-electron chi connectivity index (χ3n) is 2.96. The quantitative estimate of drug-likeness (QED) is 0.824. The van der Waals surface area contributed by atoms with Gasteiger partial charge < -0.3 is 20.5 Å². The summed E-state index contributed by atoms with van der Waals surface area (Å²) in [6, 6.07) is 5.74. The summed E-state index contributed by atoms with van der Waals surface area (Å²) in [5.41, 5.74) is 8.79. The maximum absolute atomic E-state index is 6.00. The van der Waals surface area contributed by atoms with Gasteiger partial charge in [-0.2, -0.15) is 0 Å². The van der Waals surface area contributed by atoms with Gasteiger partial charge in [-0.25, -0.2) is 0 Å². The van der Waals surface area contributed by atoms with Crippen molar-refractivity contribution in [2.45, 2.75) is 13.5 Å². The van der Waals surface area contributed by atoms with Gasteiger partial charge in [0.05, 0.1) is 25.6 Å². The highest BCUT2D eigenvalue weighted by molar-refractivity contribution is 7.10. The maximum atomic E-state index is 6.00. The first-order valence-electron chi connectivity index (χ1n) is 5.94. The number of rotatable bonds is 5. The Bertz CT molecular complexity index is 567. The molecule has 0 aliphatic carbocycles. The van der Waals surface area contributed by atoms with Crippen molar-refractivity contribution in [3.05, 3.63) is 34.0 Å². The summed E-state index contributed by atoms with van der Waals surface area (Å²) in [5, 5.41) is 5.42. The fraction of sp³-hybridized carbons (Fsp3) is 0.286. The molecule has 102 valence electrons. The van der Waals surface area contributed by atoms with E-state index in [0.717, 1.165) is 12.2 Å². The van der Waals surface area contributed by atoms with Gasteiger partial charge in [0.25, 0.3) is 0 Å². The molecule has 0 radical (unpaired) electrons. The van der Waals surface area contributed by atoms with Crippen LogP contribution in [-0.2, 0) is 6.54 Å². The molecule has 3 N–H and O–H groups in total. The highest BCUT2D eigenvalue weighted by atomic mass is 32.1. The number of aryl methyl sites for hydroxylation is 1. The van der Waals surface area contributed by atoms with E-state index in [1.165, 1.54) is 10.4 Å². The normalized spacial score (nSPS) is 10.3. The summed E-state index contributed by atoms with van der Waals surface area (Å²) in [4.78, 5) is 1.30. The molecule has 0 spiro atoms. The number of nitrogens with one attached hydrogen (secondary N) is 1. The van der Waals surface area contributed by atoms with Crippen LogP contribution in [0, 0.1) is 6.92 Å². The summed E-state index contributed by atoms with van der Waals surface area (Å²) in [6.45, 7) is 2.86. The molecule has 0 fully saturated rings. The Kier molecular flexibility index (Phi) is 4.16. The van der Waals surface area contributed by atoms with Crippen LogP contribution in [-0.4, -0.2) is 14.2 Å². The van der Waals surface area contributed by atoms with Crippen LogP contribution in [0.5, 0.6) is 11.5 Å². The first kappa shape index (κ1) is 13.5. The zero-order valence-electron chi connectivity index (χ0n) is 11.3. The summed E-state index contributed by atoms with van der Waals surface area (Å²) in [5.74, 6) is 1.31. The Morgan fingerprint density at radius 1 is 1.21 bits per heavy atom. The van der Waals surface area contributed by atoms with Crippen molar-refractivity contribution in [1.82, 2.24) is 0 Å². The number of ether oxygens (including phenoxy) is 2. The van der Waals surface area contributed by atoms with Gasteiger partial charge >= 0.3 is 0 Å². The third-order valence-corrected chi connectivity index (χ3v) is 3.99. The monoisotopic (exact) mass is 278 g/mol. The van der Waals surface area contributed by atoms with E-state index in [4.69, 9.17) is 15.2 Å². The number of nitrogen functional groups attached to an aromatic ring is 1. The average Bonchev–Trinajstić information content (AvgIpc) is 2.82. The molecule has 2 aromatic rings. The standard InChI is InChI=1S/C14H18N2O2S/c1-9-4-5-19-14(9)8-16-11-7-13(18-3)12(17-2)6-10(11)15/h4-7,16H,8,15H2,1-3H3. The Labute approximate surface area is 117 Å². The molecule has 1 aromatic carbocycles. The molecule has 5 heteroatoms. The second kappa shape index (κ2) is 5.84. The SMILES string of the molecule is COc1cc(N)c(NCc2sccc2C)cc1OC. The predicted molar refractivity (Wildman–Crippen MR) is 80.3 cm³/mol. The highest BCUT2D eigenvalue weighted by Gasteiger charge is 2.09. The Balaban J connectivity index is 2.18. The second-order valence-electron chi connectivity index (χ2n) is 4.17. The molecule has 1 heterocycles. The maximum Gasteiger partial charge on any atom is 0.162 e. The smallest absolute Gasteiger partial charge is 0.162 e. The van der Waals surface area contributed by atoms with Crippen molar-refractivity contribution < 1.29 is 9.47 Å². The van der Waals surface area contributed by atoms with Crippen molar-refractivity contribution in [2.75, 3.05) is 25.3 Å². The van der Waals surface area contributed by atoms with Gasteiger partial charge in [-0.1, -0.05) is 0 Å². The topological polar surface area (TPSA) is 56.5 Å². The molecular weight excluding hydrogens is 260 g/mol. The van der Waals surface area contributed by atoms with Gasteiger partial charge in [-0.3, -0.25) is 0 Å². The molecular formula is C14H18N2O2S. The Hall–Kier alpha value is -1.88. The minimum atomic E-state index is 0.637. The summed E-state index contributed by atoms with van der Waals surface area (Å²) in [6.07, 6.45) is 0. The van der Waals surface area contributed by atoms with Crippen LogP contribution in [0.15, 0.2) is 23.6 Å². The fourth-order valence-corrected chi connectivity index (χ4v) is 2.65. The molecule has 0 saturated carbocycles. The second-order valence-corrected chi connectivity index (χ2v) is 5.18. The first-order chi connectivity index (χ1) is 9.15. The van der Waals surface area contributed by atoms with Crippen molar-refractivity contribution >= 4 is 22.7 Å². The molecule has 4 nitrogen and oxygen atoms in total. The van der Waals surface area contributed by atoms with E-state index >= 15 is 0 Å². The van der Waals surface area contributed by atoms with Crippen LogP contribution in [0.4, 0.5) is 11.4 Å². The number of thiophene rings is 1. The predicted octanol–water partition coefficient (Wildman–Crippen LogP) is 3.27. The fourth-order valence-electron chi connectivity index (χ4n) is 1.81. The van der Waals surface area contributed by atoms with Crippen LogP contribution >= 0.6 is 11.3 Å². The lowest BCUT2D eigenvalue weighted by Crippen LogP contribution is -2.03. The number of anilines is 2. The van der Waals surface area contributed by atoms with Crippen LogP contribution in [0.1, 0.15) is 10.4 Å². The molecule has 0 saturated heterocycles. The van der Waals surface area contributed by atoms with Crippen molar-refractivity contribution in [2.24, 2.45) is 0 Å². The number of methoxy groups -OCH3 is 2. The van der Waals surface area contributed by atoms with E-state index in [1.54, 1.807) is 31.6 Å². The number of hydrogen-bond donors (Lipinski definition) is 2. The van der Waals surface area contributed by atoms with E-state index in [9.17, 15) is 0 Å². The summed E-state index contributed by atoms with van der Waals surface area (Å²) >= 11 is 1.73. The van der Waals surface area contributed by atoms with Gasteiger partial charge in [-0.15, -0.1) is 11.3 Å². The number of nitrogens with two attached hydrogens (primary N) is 1. The third kappa shape index (κ3) is 2.93. The number of benzene rings is 1. The van der Waals surface area contributed by atoms with Crippen LogP contribution in [0.2, 0.25) is 0 Å². The van der Waals surface area contributed by atoms with Crippen molar-refractivity contribution in [1.29, 1.82) is 0 Å². The highest BCUT2D eigenvalue weighted by Crippen LogP contribution is 2.35. The van der Waals surface area contributed by atoms with Crippen LogP contribution in [0.3, 0.4) is 0 Å². The molecule has 19 heavy (non-hydrogen) atoms. The lowest BCUT2D eigenvalue weighted by atomic mass is 10.2. The lowest BCUT2D eigenvalue weighted by Gasteiger charge is -2.14. The molecule has 2 rings (SSSR count).